The molecule has 3 N–H and O–H groups in total. The van der Waals surface area contributed by atoms with Crippen LogP contribution < -0.4 is 11.1 Å². The van der Waals surface area contributed by atoms with Crippen molar-refractivity contribution in [3.63, 3.8) is 0 Å². The van der Waals surface area contributed by atoms with Crippen LogP contribution in [0.25, 0.3) is 0 Å². The number of nitrogen functional groups attached to an aromatic ring is 1. The van der Waals surface area contributed by atoms with E-state index in [1.165, 1.54) is 0 Å². The van der Waals surface area contributed by atoms with Crippen LogP contribution in [0.3, 0.4) is 0 Å². The van der Waals surface area contributed by atoms with Crippen molar-refractivity contribution < 1.29 is 9.53 Å². The summed E-state index contributed by atoms with van der Waals surface area (Å²) < 4.78 is 5.23. The lowest BCUT2D eigenvalue weighted by molar-refractivity contribution is -0.117. The van der Waals surface area contributed by atoms with Crippen LogP contribution >= 0.6 is 11.6 Å². The number of ether oxygens (including phenoxy) is 1. The van der Waals surface area contributed by atoms with E-state index in [2.05, 4.69) is 5.32 Å². The number of carbonyl (C=O) groups is 1. The Morgan fingerprint density at radius 3 is 2.88 bits per heavy atom. The zero-order chi connectivity index (χ0) is 12.7. The number of nitrogens with two attached hydrogens (primary N) is 1. The van der Waals surface area contributed by atoms with Crippen molar-refractivity contribution in [3.8, 4) is 0 Å². The molecule has 0 heterocycles. The molecule has 5 heteroatoms. The molecular formula is C12H17ClN2O2. The Kier molecular flexibility index (Phi) is 5.80. The van der Waals surface area contributed by atoms with Crippen LogP contribution in [0.4, 0.5) is 11.4 Å². The zero-order valence-corrected chi connectivity index (χ0v) is 10.6. The standard InChI is InChI=1S/C12H17ClN2O2/c1-2-6-17-7-5-12(16)15-9-3-4-10(13)11(14)8-9/h3-4,8H,2,5-7,14H2,1H3,(H,15,16). The van der Waals surface area contributed by atoms with E-state index in [0.717, 1.165) is 6.42 Å². The van der Waals surface area contributed by atoms with E-state index in [-0.39, 0.29) is 5.91 Å². The fourth-order valence-electron chi connectivity index (χ4n) is 1.26. The van der Waals surface area contributed by atoms with Gasteiger partial charge < -0.3 is 15.8 Å². The van der Waals surface area contributed by atoms with Gasteiger partial charge in [-0.1, -0.05) is 18.5 Å². The first-order chi connectivity index (χ1) is 8.13. The minimum absolute atomic E-state index is 0.0946. The molecule has 0 unspecified atom stereocenters. The van der Waals surface area contributed by atoms with E-state index >= 15 is 0 Å². The quantitative estimate of drug-likeness (QED) is 0.608. The Hall–Kier alpha value is -1.26. The number of nitrogens with one attached hydrogen (secondary N) is 1. The van der Waals surface area contributed by atoms with E-state index in [0.29, 0.717) is 36.0 Å². The second kappa shape index (κ2) is 7.14. The second-order valence-corrected chi connectivity index (χ2v) is 4.05. The van der Waals surface area contributed by atoms with Gasteiger partial charge in [0.05, 0.1) is 23.7 Å². The summed E-state index contributed by atoms with van der Waals surface area (Å²) in [4.78, 5) is 11.5. The molecule has 0 fully saturated rings. The van der Waals surface area contributed by atoms with E-state index in [1.54, 1.807) is 18.2 Å². The van der Waals surface area contributed by atoms with Crippen molar-refractivity contribution in [1.29, 1.82) is 0 Å². The van der Waals surface area contributed by atoms with Gasteiger partial charge in [-0.15, -0.1) is 0 Å². The molecule has 0 radical (unpaired) electrons. The SMILES string of the molecule is CCCOCCC(=O)Nc1ccc(Cl)c(N)c1. The maximum Gasteiger partial charge on any atom is 0.226 e. The normalized spacial score (nSPS) is 10.2. The van der Waals surface area contributed by atoms with Gasteiger partial charge in [-0.3, -0.25) is 4.79 Å². The molecule has 0 aliphatic carbocycles. The molecule has 0 atom stereocenters. The van der Waals surface area contributed by atoms with E-state index < -0.39 is 0 Å². The maximum absolute atomic E-state index is 11.5. The Morgan fingerprint density at radius 2 is 2.24 bits per heavy atom. The molecule has 0 saturated carbocycles. The molecule has 0 saturated heterocycles. The van der Waals surface area contributed by atoms with Crippen molar-refractivity contribution >= 4 is 28.9 Å². The van der Waals surface area contributed by atoms with Gasteiger partial charge in [0.2, 0.25) is 5.91 Å². The largest absolute Gasteiger partial charge is 0.397 e. The third-order valence-corrected chi connectivity index (χ3v) is 2.45. The molecule has 0 aromatic heterocycles. The van der Waals surface area contributed by atoms with Gasteiger partial charge in [-0.05, 0) is 24.6 Å². The zero-order valence-electron chi connectivity index (χ0n) is 9.83. The van der Waals surface area contributed by atoms with Crippen LogP contribution in [0.1, 0.15) is 19.8 Å². The van der Waals surface area contributed by atoms with Gasteiger partial charge in [-0.25, -0.2) is 0 Å². The molecule has 1 amide bonds. The van der Waals surface area contributed by atoms with E-state index in [9.17, 15) is 4.79 Å². The van der Waals surface area contributed by atoms with Gasteiger partial charge in [-0.2, -0.15) is 0 Å². The summed E-state index contributed by atoms with van der Waals surface area (Å²) in [6.45, 7) is 3.14. The second-order valence-electron chi connectivity index (χ2n) is 3.65. The van der Waals surface area contributed by atoms with Crippen molar-refractivity contribution in [1.82, 2.24) is 0 Å². The smallest absolute Gasteiger partial charge is 0.226 e. The maximum atomic E-state index is 11.5. The van der Waals surface area contributed by atoms with Crippen LogP contribution in [0.5, 0.6) is 0 Å². The molecule has 1 aromatic carbocycles. The summed E-state index contributed by atoms with van der Waals surface area (Å²) in [6.07, 6.45) is 1.29. The van der Waals surface area contributed by atoms with Crippen molar-refractivity contribution in [2.75, 3.05) is 24.3 Å². The minimum atomic E-state index is -0.0946. The molecule has 94 valence electrons. The molecular weight excluding hydrogens is 240 g/mol. The average Bonchev–Trinajstić information content (AvgIpc) is 2.30. The fraction of sp³-hybridized carbons (Fsp3) is 0.417. The lowest BCUT2D eigenvalue weighted by Gasteiger charge is -2.07. The third-order valence-electron chi connectivity index (χ3n) is 2.10. The van der Waals surface area contributed by atoms with Gasteiger partial charge >= 0.3 is 0 Å². The molecule has 0 aliphatic rings. The third kappa shape index (κ3) is 5.06. The molecule has 1 aromatic rings. The Labute approximate surface area is 106 Å². The number of amides is 1. The summed E-state index contributed by atoms with van der Waals surface area (Å²) >= 11 is 5.78. The van der Waals surface area contributed by atoms with Gasteiger partial charge in [0, 0.05) is 12.3 Å². The summed E-state index contributed by atoms with van der Waals surface area (Å²) in [5.41, 5.74) is 6.72. The summed E-state index contributed by atoms with van der Waals surface area (Å²) in [7, 11) is 0. The predicted octanol–water partition coefficient (Wildman–Crippen LogP) is 2.68. The number of hydrogen-bond acceptors (Lipinski definition) is 3. The Bertz CT molecular complexity index is 383. The van der Waals surface area contributed by atoms with Crippen LogP contribution in [0.15, 0.2) is 18.2 Å². The fourth-order valence-corrected chi connectivity index (χ4v) is 1.37. The summed E-state index contributed by atoms with van der Waals surface area (Å²) in [5.74, 6) is -0.0946. The number of carbonyl (C=O) groups excluding carboxylic acids is 1. The van der Waals surface area contributed by atoms with Crippen LogP contribution in [-0.4, -0.2) is 19.1 Å². The molecule has 0 spiro atoms. The van der Waals surface area contributed by atoms with Gasteiger partial charge in [0.15, 0.2) is 0 Å². The van der Waals surface area contributed by atoms with Crippen LogP contribution in [-0.2, 0) is 9.53 Å². The number of hydrogen-bond donors (Lipinski definition) is 2. The summed E-state index contributed by atoms with van der Waals surface area (Å²) in [5, 5.41) is 3.21. The Balaban J connectivity index is 2.37. The predicted molar refractivity (Wildman–Crippen MR) is 70.2 cm³/mol. The van der Waals surface area contributed by atoms with Crippen molar-refractivity contribution in [2.24, 2.45) is 0 Å². The lowest BCUT2D eigenvalue weighted by atomic mass is 10.2. The minimum Gasteiger partial charge on any atom is -0.397 e. The number of halogens is 1. The lowest BCUT2D eigenvalue weighted by Crippen LogP contribution is -2.14. The highest BCUT2D eigenvalue weighted by atomic mass is 35.5. The highest BCUT2D eigenvalue weighted by Gasteiger charge is 2.03. The first-order valence-corrected chi connectivity index (χ1v) is 5.94. The topological polar surface area (TPSA) is 64.3 Å². The van der Waals surface area contributed by atoms with Crippen LogP contribution in [0, 0.1) is 0 Å². The molecule has 1 rings (SSSR count). The molecule has 0 bridgehead atoms. The van der Waals surface area contributed by atoms with E-state index in [4.69, 9.17) is 22.1 Å². The average molecular weight is 257 g/mol. The van der Waals surface area contributed by atoms with Crippen LogP contribution in [0.2, 0.25) is 5.02 Å². The van der Waals surface area contributed by atoms with Crippen molar-refractivity contribution in [3.05, 3.63) is 23.2 Å². The molecule has 17 heavy (non-hydrogen) atoms. The Morgan fingerprint density at radius 1 is 1.47 bits per heavy atom. The monoisotopic (exact) mass is 256 g/mol. The first-order valence-electron chi connectivity index (χ1n) is 5.56. The first kappa shape index (κ1) is 13.8. The number of rotatable bonds is 6. The number of anilines is 2. The highest BCUT2D eigenvalue weighted by molar-refractivity contribution is 6.33. The molecule has 4 nitrogen and oxygen atoms in total. The number of benzene rings is 1. The van der Waals surface area contributed by atoms with Crippen molar-refractivity contribution in [2.45, 2.75) is 19.8 Å². The highest BCUT2D eigenvalue weighted by Crippen LogP contribution is 2.22. The molecule has 0 aliphatic heterocycles. The summed E-state index contributed by atoms with van der Waals surface area (Å²) in [6, 6.07) is 5.00. The van der Waals surface area contributed by atoms with Gasteiger partial charge in [0.1, 0.15) is 0 Å². The van der Waals surface area contributed by atoms with Gasteiger partial charge in [0.25, 0.3) is 0 Å². The van der Waals surface area contributed by atoms with E-state index in [1.807, 2.05) is 6.92 Å².